The zero-order chi connectivity index (χ0) is 17.1. The van der Waals surface area contributed by atoms with Crippen LogP contribution in [0.4, 0.5) is 4.39 Å². The van der Waals surface area contributed by atoms with Crippen LogP contribution in [0.3, 0.4) is 0 Å². The average molecular weight is 411 g/mol. The molecule has 0 bridgehead atoms. The van der Waals surface area contributed by atoms with Crippen molar-refractivity contribution in [2.75, 3.05) is 7.11 Å². The summed E-state index contributed by atoms with van der Waals surface area (Å²) in [6, 6.07) is 3.55. The summed E-state index contributed by atoms with van der Waals surface area (Å²) in [4.78, 5) is 5.73. The Balaban J connectivity index is 1.86. The van der Waals surface area contributed by atoms with Crippen LogP contribution in [-0.2, 0) is 16.8 Å². The van der Waals surface area contributed by atoms with Crippen LogP contribution in [0.5, 0.6) is 0 Å². The highest BCUT2D eigenvalue weighted by Gasteiger charge is 2.61. The topological polar surface area (TPSA) is 33.6 Å². The summed E-state index contributed by atoms with van der Waals surface area (Å²) < 4.78 is 20.2. The Hall–Kier alpha value is -0.850. The van der Waals surface area contributed by atoms with E-state index in [2.05, 4.69) is 21.2 Å². The molecule has 1 heterocycles. The molecule has 128 valence electrons. The number of nitrogens with one attached hydrogen (secondary N) is 1. The number of nitrogens with zero attached hydrogens (tertiary/aromatic N) is 1. The summed E-state index contributed by atoms with van der Waals surface area (Å²) >= 11 is 8.82. The van der Waals surface area contributed by atoms with Gasteiger partial charge in [-0.2, -0.15) is 0 Å². The van der Waals surface area contributed by atoms with Crippen LogP contribution in [0.1, 0.15) is 43.7 Å². The van der Waals surface area contributed by atoms with Crippen molar-refractivity contribution < 1.29 is 9.13 Å². The van der Waals surface area contributed by atoms with E-state index in [0.717, 1.165) is 48.9 Å². The molecule has 1 aromatic carbocycles. The Labute approximate surface area is 155 Å². The lowest BCUT2D eigenvalue weighted by Gasteiger charge is -2.46. The van der Waals surface area contributed by atoms with Crippen LogP contribution in [0, 0.1) is 11.2 Å². The van der Waals surface area contributed by atoms with Crippen molar-refractivity contribution in [3.05, 3.63) is 33.5 Å². The number of fused-ring (bicyclic) bond motifs is 3. The molecular formula is C18H20BrFN2OS. The van der Waals surface area contributed by atoms with E-state index in [1.165, 1.54) is 0 Å². The van der Waals surface area contributed by atoms with E-state index >= 15 is 0 Å². The lowest BCUT2D eigenvalue weighted by Crippen LogP contribution is -2.52. The van der Waals surface area contributed by atoms with Crippen LogP contribution in [0.25, 0.3) is 0 Å². The zero-order valence-corrected chi connectivity index (χ0v) is 16.2. The Morgan fingerprint density at radius 2 is 2.08 bits per heavy atom. The second kappa shape index (κ2) is 5.58. The van der Waals surface area contributed by atoms with Gasteiger partial charge in [0.05, 0.1) is 16.3 Å². The molecule has 0 radical (unpaired) electrons. The molecular weight excluding hydrogens is 391 g/mol. The van der Waals surface area contributed by atoms with Gasteiger partial charge in [0.2, 0.25) is 0 Å². The number of rotatable bonds is 1. The number of hydrogen-bond acceptors (Lipinski definition) is 3. The Morgan fingerprint density at radius 3 is 2.67 bits per heavy atom. The molecule has 4 rings (SSSR count). The first-order valence-corrected chi connectivity index (χ1v) is 9.51. The third kappa shape index (κ3) is 2.15. The molecule has 1 aliphatic heterocycles. The number of halogens is 2. The summed E-state index contributed by atoms with van der Waals surface area (Å²) in [7, 11) is 1.78. The first kappa shape index (κ1) is 16.6. The maximum absolute atomic E-state index is 14.1. The number of benzene rings is 1. The van der Waals surface area contributed by atoms with Crippen molar-refractivity contribution >= 4 is 38.8 Å². The van der Waals surface area contributed by atoms with Crippen molar-refractivity contribution in [3.63, 3.8) is 0 Å². The van der Waals surface area contributed by atoms with Gasteiger partial charge in [-0.25, -0.2) is 4.39 Å². The number of hydrogen-bond donors (Lipinski definition) is 1. The van der Waals surface area contributed by atoms with Gasteiger partial charge in [0, 0.05) is 18.1 Å². The van der Waals surface area contributed by atoms with Crippen LogP contribution in [0.2, 0.25) is 0 Å². The maximum Gasteiger partial charge on any atom is 0.162 e. The van der Waals surface area contributed by atoms with Gasteiger partial charge in [0.25, 0.3) is 0 Å². The van der Waals surface area contributed by atoms with Crippen molar-refractivity contribution in [1.29, 1.82) is 0 Å². The number of thiocarbonyl (C=S) groups is 1. The van der Waals surface area contributed by atoms with Gasteiger partial charge in [-0.05, 0) is 72.7 Å². The zero-order valence-electron chi connectivity index (χ0n) is 13.8. The molecule has 2 spiro atoms. The molecule has 1 saturated carbocycles. The van der Waals surface area contributed by atoms with Crippen molar-refractivity contribution in [1.82, 2.24) is 5.32 Å². The normalized spacial score (nSPS) is 34.6. The highest BCUT2D eigenvalue weighted by atomic mass is 79.9. The molecule has 1 atom stereocenters. The van der Waals surface area contributed by atoms with E-state index in [9.17, 15) is 4.39 Å². The van der Waals surface area contributed by atoms with Crippen LogP contribution in [0.15, 0.2) is 21.6 Å². The van der Waals surface area contributed by atoms with Gasteiger partial charge >= 0.3 is 0 Å². The van der Waals surface area contributed by atoms with E-state index in [0.29, 0.717) is 15.6 Å². The molecule has 3 aliphatic rings. The molecule has 0 amide bonds. The smallest absolute Gasteiger partial charge is 0.162 e. The monoisotopic (exact) mass is 410 g/mol. The minimum atomic E-state index is -0.557. The molecule has 6 heteroatoms. The fourth-order valence-electron chi connectivity index (χ4n) is 4.73. The molecule has 1 aromatic rings. The number of methoxy groups -OCH3 is 1. The Kier molecular flexibility index (Phi) is 3.86. The van der Waals surface area contributed by atoms with E-state index in [4.69, 9.17) is 21.9 Å². The minimum Gasteiger partial charge on any atom is -0.381 e. The average Bonchev–Trinajstić information content (AvgIpc) is 2.98. The first-order valence-electron chi connectivity index (χ1n) is 8.31. The summed E-state index contributed by atoms with van der Waals surface area (Å²) in [5.41, 5.74) is 2.34. The van der Waals surface area contributed by atoms with E-state index < -0.39 is 5.66 Å². The second-order valence-corrected chi connectivity index (χ2v) is 8.44. The van der Waals surface area contributed by atoms with Crippen LogP contribution in [-0.4, -0.2) is 23.9 Å². The molecule has 1 unspecified atom stereocenters. The van der Waals surface area contributed by atoms with E-state index in [-0.39, 0.29) is 11.2 Å². The third-order valence-corrected chi connectivity index (χ3v) is 7.02. The largest absolute Gasteiger partial charge is 0.381 e. The quantitative estimate of drug-likeness (QED) is 0.701. The van der Waals surface area contributed by atoms with Crippen LogP contribution < -0.4 is 5.32 Å². The predicted molar refractivity (Wildman–Crippen MR) is 100 cm³/mol. The maximum atomic E-state index is 14.1. The first-order chi connectivity index (χ1) is 11.4. The molecule has 0 saturated heterocycles. The molecule has 0 aromatic heterocycles. The van der Waals surface area contributed by atoms with Gasteiger partial charge in [-0.15, -0.1) is 0 Å². The third-order valence-electron chi connectivity index (χ3n) is 6.01. The summed E-state index contributed by atoms with van der Waals surface area (Å²) in [6.07, 6.45) is 5.11. The molecule has 1 N–H and O–H groups in total. The second-order valence-electron chi connectivity index (χ2n) is 7.18. The lowest BCUT2D eigenvalue weighted by atomic mass is 9.65. The molecule has 24 heavy (non-hydrogen) atoms. The lowest BCUT2D eigenvalue weighted by molar-refractivity contribution is -0.00614. The molecule has 3 nitrogen and oxygen atoms in total. The van der Waals surface area contributed by atoms with Gasteiger partial charge < -0.3 is 10.1 Å². The summed E-state index contributed by atoms with van der Waals surface area (Å²) in [6.45, 7) is 1.95. The fraction of sp³-hybridized carbons (Fsp3) is 0.556. The van der Waals surface area contributed by atoms with Crippen LogP contribution >= 0.6 is 28.1 Å². The Bertz CT molecular complexity index is 758. The van der Waals surface area contributed by atoms with Crippen molar-refractivity contribution in [2.45, 2.75) is 50.8 Å². The highest BCUT2D eigenvalue weighted by molar-refractivity contribution is 9.10. The standard InChI is InChI=1S/C18H20BrFN2OS/c1-10-16(24)22-18(21-10)13-8-14(19)15(20)7-11(13)9-17(18)5-3-12(23-2)4-6-17/h7-8,12H,3-6,9H2,1-2H3,(H,22,24)/t12-,17-,18?. The van der Waals surface area contributed by atoms with Gasteiger partial charge in [0.15, 0.2) is 5.66 Å². The van der Waals surface area contributed by atoms with Crippen molar-refractivity contribution in [3.8, 4) is 0 Å². The Morgan fingerprint density at radius 1 is 1.38 bits per heavy atom. The molecule has 1 fully saturated rings. The van der Waals surface area contributed by atoms with E-state index in [1.807, 2.05) is 13.0 Å². The van der Waals surface area contributed by atoms with E-state index in [1.54, 1.807) is 13.2 Å². The number of ether oxygens (including phenoxy) is 1. The predicted octanol–water partition coefficient (Wildman–Crippen LogP) is 4.26. The van der Waals surface area contributed by atoms with Gasteiger partial charge in [-0.3, -0.25) is 4.99 Å². The van der Waals surface area contributed by atoms with Gasteiger partial charge in [-0.1, -0.05) is 12.2 Å². The highest BCUT2D eigenvalue weighted by Crippen LogP contribution is 2.60. The summed E-state index contributed by atoms with van der Waals surface area (Å²) in [5.74, 6) is -0.215. The minimum absolute atomic E-state index is 0.0700. The molecule has 2 aliphatic carbocycles. The fourth-order valence-corrected chi connectivity index (χ4v) is 5.27. The van der Waals surface area contributed by atoms with Gasteiger partial charge in [0.1, 0.15) is 10.8 Å². The SMILES string of the molecule is CO[C@H]1CC[C@]2(CC1)Cc1cc(F)c(Br)cc1C21N=C(C)C(=S)N1. The number of aliphatic imine (C=N–C) groups is 1. The summed E-state index contributed by atoms with van der Waals surface area (Å²) in [5, 5.41) is 3.52. The van der Waals surface area contributed by atoms with Crippen molar-refractivity contribution in [2.24, 2.45) is 10.4 Å².